The fraction of sp³-hybridized carbons (Fsp3) is 0.400. The van der Waals surface area contributed by atoms with Crippen molar-refractivity contribution in [3.05, 3.63) is 35.5 Å². The van der Waals surface area contributed by atoms with Gasteiger partial charge in [-0.25, -0.2) is 0 Å². The van der Waals surface area contributed by atoms with Crippen molar-refractivity contribution in [1.29, 1.82) is 0 Å². The van der Waals surface area contributed by atoms with Gasteiger partial charge in [0.05, 0.1) is 0 Å². The summed E-state index contributed by atoms with van der Waals surface area (Å²) in [4.78, 5) is 14.8. The van der Waals surface area contributed by atoms with Crippen LogP contribution in [0.2, 0.25) is 0 Å². The smallest absolute Gasteiger partial charge is 0.321 e. The molecule has 1 aliphatic heterocycles. The van der Waals surface area contributed by atoms with Gasteiger partial charge in [0.1, 0.15) is 6.04 Å². The summed E-state index contributed by atoms with van der Waals surface area (Å²) >= 11 is 0. The number of carbonyl (C=O) groups is 1. The molecule has 4 nitrogen and oxygen atoms in total. The summed E-state index contributed by atoms with van der Waals surface area (Å²) in [7, 11) is 0. The molecular weight excluding hydrogens is 276 g/mol. The average molecular weight is 295 g/mol. The van der Waals surface area contributed by atoms with Gasteiger partial charge in [0, 0.05) is 29.1 Å². The number of nitrogens with one attached hydrogen (secondary N) is 2. The maximum atomic E-state index is 11.3. The monoisotopic (exact) mass is 294 g/mol. The second kappa shape index (κ2) is 5.85. The molecule has 0 saturated carbocycles. The van der Waals surface area contributed by atoms with Crippen LogP contribution in [0, 0.1) is 0 Å². The van der Waals surface area contributed by atoms with Crippen molar-refractivity contribution < 1.29 is 9.90 Å². The maximum absolute atomic E-state index is 11.3. The highest BCUT2D eigenvalue weighted by atomic mass is 35.5. The van der Waals surface area contributed by atoms with Crippen LogP contribution in [0.15, 0.2) is 24.3 Å². The molecular formula is C15H19ClN2O2. The number of benzene rings is 1. The number of aliphatic carboxylic acids is 1. The summed E-state index contributed by atoms with van der Waals surface area (Å²) in [5, 5.41) is 13.7. The summed E-state index contributed by atoms with van der Waals surface area (Å²) in [6.07, 6.45) is 2.53. The fourth-order valence-corrected chi connectivity index (χ4v) is 3.00. The first-order valence-corrected chi connectivity index (χ1v) is 6.79. The summed E-state index contributed by atoms with van der Waals surface area (Å²) in [6, 6.07) is 7.75. The van der Waals surface area contributed by atoms with Crippen LogP contribution in [-0.2, 0) is 11.2 Å². The van der Waals surface area contributed by atoms with Gasteiger partial charge >= 0.3 is 5.97 Å². The third-order valence-electron chi connectivity index (χ3n) is 3.88. The Morgan fingerprint density at radius 1 is 1.40 bits per heavy atom. The molecule has 3 rings (SSSR count). The predicted octanol–water partition coefficient (Wildman–Crippen LogP) is 3.03. The topological polar surface area (TPSA) is 65.1 Å². The van der Waals surface area contributed by atoms with Crippen LogP contribution in [0.5, 0.6) is 0 Å². The van der Waals surface area contributed by atoms with Crippen molar-refractivity contribution in [3.8, 4) is 0 Å². The summed E-state index contributed by atoms with van der Waals surface area (Å²) in [5.74, 6) is -0.767. The number of rotatable bonds is 3. The lowest BCUT2D eigenvalue weighted by Gasteiger charge is -2.29. The highest BCUT2D eigenvalue weighted by molar-refractivity contribution is 5.86. The predicted molar refractivity (Wildman–Crippen MR) is 81.5 cm³/mol. The Kier molecular flexibility index (Phi) is 4.35. The third kappa shape index (κ3) is 2.41. The van der Waals surface area contributed by atoms with E-state index in [1.165, 1.54) is 11.3 Å². The van der Waals surface area contributed by atoms with Gasteiger partial charge in [-0.3, -0.25) is 10.1 Å². The molecule has 0 fully saturated rings. The molecule has 1 aliphatic rings. The van der Waals surface area contributed by atoms with Crippen molar-refractivity contribution in [2.75, 3.05) is 0 Å². The van der Waals surface area contributed by atoms with Gasteiger partial charge in [-0.15, -0.1) is 12.4 Å². The lowest BCUT2D eigenvalue weighted by Crippen LogP contribution is -2.44. The van der Waals surface area contributed by atoms with Crippen molar-refractivity contribution in [2.45, 2.75) is 38.3 Å². The van der Waals surface area contributed by atoms with E-state index >= 15 is 0 Å². The van der Waals surface area contributed by atoms with Gasteiger partial charge in [-0.1, -0.05) is 31.5 Å². The van der Waals surface area contributed by atoms with Gasteiger partial charge in [-0.2, -0.15) is 0 Å². The van der Waals surface area contributed by atoms with Crippen LogP contribution in [0.1, 0.15) is 37.1 Å². The van der Waals surface area contributed by atoms with Gasteiger partial charge in [0.15, 0.2) is 0 Å². The van der Waals surface area contributed by atoms with E-state index in [-0.39, 0.29) is 18.4 Å². The van der Waals surface area contributed by atoms with Crippen LogP contribution < -0.4 is 5.32 Å². The zero-order chi connectivity index (χ0) is 13.4. The molecule has 0 unspecified atom stereocenters. The van der Waals surface area contributed by atoms with Crippen LogP contribution in [0.4, 0.5) is 0 Å². The van der Waals surface area contributed by atoms with E-state index in [0.717, 1.165) is 23.7 Å². The SMILES string of the molecule is CCC[C@@H]1N[C@H](C(=O)O)Cc2c1[nH]c1ccccc21.Cl. The Balaban J connectivity index is 0.00000147. The minimum Gasteiger partial charge on any atom is -0.480 e. The molecule has 2 atom stereocenters. The molecule has 0 spiro atoms. The maximum Gasteiger partial charge on any atom is 0.321 e. The van der Waals surface area contributed by atoms with Crippen molar-refractivity contribution in [2.24, 2.45) is 0 Å². The number of H-pyrrole nitrogens is 1. The molecule has 20 heavy (non-hydrogen) atoms. The van der Waals surface area contributed by atoms with E-state index in [9.17, 15) is 9.90 Å². The molecule has 0 radical (unpaired) electrons. The highest BCUT2D eigenvalue weighted by Crippen LogP contribution is 2.33. The van der Waals surface area contributed by atoms with E-state index in [4.69, 9.17) is 0 Å². The number of halogens is 1. The first-order chi connectivity index (χ1) is 9.20. The number of para-hydroxylation sites is 1. The second-order valence-corrected chi connectivity index (χ2v) is 5.17. The van der Waals surface area contributed by atoms with E-state index in [1.807, 2.05) is 18.2 Å². The Labute approximate surface area is 124 Å². The van der Waals surface area contributed by atoms with Crippen LogP contribution in [-0.4, -0.2) is 22.1 Å². The van der Waals surface area contributed by atoms with Gasteiger partial charge in [-0.05, 0) is 18.1 Å². The van der Waals surface area contributed by atoms with Gasteiger partial charge in [0.2, 0.25) is 0 Å². The number of hydrogen-bond donors (Lipinski definition) is 3. The fourth-order valence-electron chi connectivity index (χ4n) is 3.00. The van der Waals surface area contributed by atoms with E-state index in [0.29, 0.717) is 6.42 Å². The molecule has 3 N–H and O–H groups in total. The number of carboxylic acid groups (broad SMARTS) is 1. The van der Waals surface area contributed by atoms with E-state index in [2.05, 4.69) is 23.3 Å². The number of fused-ring (bicyclic) bond motifs is 3. The van der Waals surface area contributed by atoms with Crippen LogP contribution in [0.3, 0.4) is 0 Å². The number of aromatic amines is 1. The summed E-state index contributed by atoms with van der Waals surface area (Å²) in [5.41, 5.74) is 3.43. The molecule has 1 aromatic heterocycles. The molecule has 2 aromatic rings. The molecule has 5 heteroatoms. The van der Waals surface area contributed by atoms with Crippen molar-refractivity contribution in [1.82, 2.24) is 10.3 Å². The van der Waals surface area contributed by atoms with Crippen molar-refractivity contribution in [3.63, 3.8) is 0 Å². The average Bonchev–Trinajstić information content (AvgIpc) is 2.78. The second-order valence-electron chi connectivity index (χ2n) is 5.17. The lowest BCUT2D eigenvalue weighted by molar-refractivity contribution is -0.139. The number of carboxylic acids is 1. The van der Waals surface area contributed by atoms with E-state index < -0.39 is 12.0 Å². The molecule has 2 heterocycles. The lowest BCUT2D eigenvalue weighted by atomic mass is 9.92. The molecule has 0 saturated heterocycles. The minimum absolute atomic E-state index is 0. The zero-order valence-corrected chi connectivity index (χ0v) is 12.2. The summed E-state index contributed by atoms with van der Waals surface area (Å²) < 4.78 is 0. The zero-order valence-electron chi connectivity index (χ0n) is 11.3. The van der Waals surface area contributed by atoms with Gasteiger partial charge < -0.3 is 10.1 Å². The normalized spacial score (nSPS) is 21.2. The summed E-state index contributed by atoms with van der Waals surface area (Å²) in [6.45, 7) is 2.12. The Bertz CT molecular complexity index is 623. The molecule has 0 aliphatic carbocycles. The number of hydrogen-bond acceptors (Lipinski definition) is 2. The Hall–Kier alpha value is -1.52. The van der Waals surface area contributed by atoms with E-state index in [1.54, 1.807) is 0 Å². The molecule has 0 amide bonds. The number of aromatic nitrogens is 1. The third-order valence-corrected chi connectivity index (χ3v) is 3.88. The Morgan fingerprint density at radius 3 is 2.85 bits per heavy atom. The quantitative estimate of drug-likeness (QED) is 0.815. The minimum atomic E-state index is -0.767. The van der Waals surface area contributed by atoms with Crippen LogP contribution >= 0.6 is 12.4 Å². The standard InChI is InChI=1S/C15H18N2O2.ClH/c1-2-5-12-14-10(8-13(16-12)15(18)19)9-6-3-4-7-11(9)17-14;/h3-4,6-7,12-13,16-17H,2,5,8H2,1H3,(H,18,19);1H/t12-,13-;/m0./s1. The first kappa shape index (κ1) is 14.9. The largest absolute Gasteiger partial charge is 0.480 e. The van der Waals surface area contributed by atoms with Crippen molar-refractivity contribution >= 4 is 29.3 Å². The molecule has 0 bridgehead atoms. The Morgan fingerprint density at radius 2 is 2.15 bits per heavy atom. The van der Waals surface area contributed by atoms with Crippen LogP contribution in [0.25, 0.3) is 10.9 Å². The first-order valence-electron chi connectivity index (χ1n) is 6.79. The molecule has 1 aromatic carbocycles. The van der Waals surface area contributed by atoms with Gasteiger partial charge in [0.25, 0.3) is 0 Å². The highest BCUT2D eigenvalue weighted by Gasteiger charge is 2.32. The molecule has 108 valence electrons.